The Hall–Kier alpha value is -1.31. The van der Waals surface area contributed by atoms with E-state index in [-0.39, 0.29) is 23.2 Å². The van der Waals surface area contributed by atoms with Crippen LogP contribution in [0.1, 0.15) is 19.8 Å². The van der Waals surface area contributed by atoms with Gasteiger partial charge in [-0.15, -0.1) is 0 Å². The van der Waals surface area contributed by atoms with Crippen LogP contribution in [0.5, 0.6) is 5.75 Å². The molecular formula is C13H22N2O4S. The molecule has 0 saturated carbocycles. The summed E-state index contributed by atoms with van der Waals surface area (Å²) >= 11 is 0. The summed E-state index contributed by atoms with van der Waals surface area (Å²) in [7, 11) is -2.22. The van der Waals surface area contributed by atoms with Gasteiger partial charge >= 0.3 is 0 Å². The molecule has 0 radical (unpaired) electrons. The van der Waals surface area contributed by atoms with Gasteiger partial charge in [0, 0.05) is 24.9 Å². The van der Waals surface area contributed by atoms with Crippen LogP contribution in [0, 0.1) is 5.92 Å². The van der Waals surface area contributed by atoms with Crippen molar-refractivity contribution in [3.63, 3.8) is 0 Å². The van der Waals surface area contributed by atoms with Gasteiger partial charge in [-0.25, -0.2) is 13.1 Å². The Labute approximate surface area is 120 Å². The minimum atomic E-state index is -3.62. The highest BCUT2D eigenvalue weighted by Crippen LogP contribution is 2.25. The summed E-state index contributed by atoms with van der Waals surface area (Å²) in [5.74, 6) is 0.395. The number of rotatable bonds is 8. The predicted octanol–water partition coefficient (Wildman–Crippen LogP) is 0.964. The van der Waals surface area contributed by atoms with E-state index >= 15 is 0 Å². The van der Waals surface area contributed by atoms with Crippen molar-refractivity contribution in [2.45, 2.75) is 24.7 Å². The molecule has 1 rings (SSSR count). The highest BCUT2D eigenvalue weighted by Gasteiger charge is 2.19. The number of aliphatic hydroxyl groups is 1. The predicted molar refractivity (Wildman–Crippen MR) is 78.1 cm³/mol. The Morgan fingerprint density at radius 3 is 2.75 bits per heavy atom. The van der Waals surface area contributed by atoms with Crippen molar-refractivity contribution < 1.29 is 18.3 Å². The molecule has 7 heteroatoms. The van der Waals surface area contributed by atoms with Gasteiger partial charge in [-0.1, -0.05) is 6.92 Å². The fourth-order valence-electron chi connectivity index (χ4n) is 1.73. The normalized spacial score (nSPS) is 13.2. The molecule has 0 aliphatic heterocycles. The highest BCUT2D eigenvalue weighted by atomic mass is 32.2. The van der Waals surface area contributed by atoms with Crippen LogP contribution in [-0.4, -0.2) is 33.8 Å². The minimum absolute atomic E-state index is 0.0735. The van der Waals surface area contributed by atoms with Crippen molar-refractivity contribution in [1.82, 2.24) is 4.72 Å². The molecule has 0 bridgehead atoms. The summed E-state index contributed by atoms with van der Waals surface area (Å²) in [5.41, 5.74) is 6.04. The number of methoxy groups -OCH3 is 1. The molecule has 1 atom stereocenters. The van der Waals surface area contributed by atoms with Crippen molar-refractivity contribution >= 4 is 15.7 Å². The summed E-state index contributed by atoms with van der Waals surface area (Å²) in [4.78, 5) is 0.0735. The fraction of sp³-hybridized carbons (Fsp3) is 0.538. The van der Waals surface area contributed by atoms with E-state index in [0.29, 0.717) is 18.7 Å². The van der Waals surface area contributed by atoms with E-state index in [4.69, 9.17) is 15.6 Å². The largest absolute Gasteiger partial charge is 0.495 e. The highest BCUT2D eigenvalue weighted by molar-refractivity contribution is 7.89. The van der Waals surface area contributed by atoms with Crippen LogP contribution in [0.25, 0.3) is 0 Å². The first-order valence-corrected chi connectivity index (χ1v) is 7.93. The van der Waals surface area contributed by atoms with E-state index in [0.717, 1.165) is 6.42 Å². The average Bonchev–Trinajstić information content (AvgIpc) is 2.42. The van der Waals surface area contributed by atoms with Crippen LogP contribution in [0.15, 0.2) is 23.1 Å². The third-order valence-corrected chi connectivity index (χ3v) is 4.46. The number of nitrogens with one attached hydrogen (secondary N) is 1. The van der Waals surface area contributed by atoms with Crippen molar-refractivity contribution in [3.8, 4) is 5.75 Å². The zero-order valence-electron chi connectivity index (χ0n) is 11.8. The number of aliphatic hydroxyl groups excluding tert-OH is 1. The number of sulfonamides is 1. The lowest BCUT2D eigenvalue weighted by Crippen LogP contribution is -2.25. The number of ether oxygens (including phenoxy) is 1. The summed E-state index contributed by atoms with van der Waals surface area (Å²) in [6.07, 6.45) is 1.43. The minimum Gasteiger partial charge on any atom is -0.495 e. The fourth-order valence-corrected chi connectivity index (χ4v) is 2.96. The first-order chi connectivity index (χ1) is 9.40. The zero-order valence-corrected chi connectivity index (χ0v) is 12.6. The Morgan fingerprint density at radius 1 is 1.45 bits per heavy atom. The second-order valence-electron chi connectivity index (χ2n) is 4.74. The third kappa shape index (κ3) is 4.66. The van der Waals surface area contributed by atoms with Gasteiger partial charge in [0.15, 0.2) is 0 Å². The van der Waals surface area contributed by atoms with E-state index in [1.165, 1.54) is 25.3 Å². The molecule has 20 heavy (non-hydrogen) atoms. The lowest BCUT2D eigenvalue weighted by molar-refractivity contribution is 0.228. The quantitative estimate of drug-likeness (QED) is 0.490. The van der Waals surface area contributed by atoms with Crippen molar-refractivity contribution in [2.24, 2.45) is 5.92 Å². The smallest absolute Gasteiger partial charge is 0.244 e. The SMILES string of the molecule is COc1cc(N)ccc1S(=O)(=O)NCCCC(C)CO. The summed E-state index contributed by atoms with van der Waals surface area (Å²) < 4.78 is 31.9. The van der Waals surface area contributed by atoms with Gasteiger partial charge < -0.3 is 15.6 Å². The number of hydrogen-bond acceptors (Lipinski definition) is 5. The number of nitrogen functional groups attached to an aromatic ring is 1. The molecule has 6 nitrogen and oxygen atoms in total. The first kappa shape index (κ1) is 16.7. The molecule has 1 unspecified atom stereocenters. The molecule has 4 N–H and O–H groups in total. The number of hydrogen-bond donors (Lipinski definition) is 3. The maximum Gasteiger partial charge on any atom is 0.244 e. The molecule has 0 amide bonds. The van der Waals surface area contributed by atoms with Crippen LogP contribution < -0.4 is 15.2 Å². The van der Waals surface area contributed by atoms with Gasteiger partial charge in [-0.2, -0.15) is 0 Å². The standard InChI is InChI=1S/C13H22N2O4S/c1-10(9-16)4-3-7-15-20(17,18)13-6-5-11(14)8-12(13)19-2/h5-6,8,10,15-16H,3-4,7,9,14H2,1-2H3. The molecule has 0 fully saturated rings. The van der Waals surface area contributed by atoms with Crippen molar-refractivity contribution in [2.75, 3.05) is 26.0 Å². The van der Waals surface area contributed by atoms with Gasteiger partial charge in [-0.3, -0.25) is 0 Å². The third-order valence-electron chi connectivity index (χ3n) is 2.95. The Balaban J connectivity index is 2.69. The number of benzene rings is 1. The maximum atomic E-state index is 12.2. The summed E-state index contributed by atoms with van der Waals surface area (Å²) in [6, 6.07) is 4.42. The summed E-state index contributed by atoms with van der Waals surface area (Å²) in [6.45, 7) is 2.34. The Kier molecular flexibility index (Phi) is 6.25. The molecule has 0 saturated heterocycles. The van der Waals surface area contributed by atoms with Crippen LogP contribution in [0.4, 0.5) is 5.69 Å². The number of nitrogens with two attached hydrogens (primary N) is 1. The molecule has 0 aliphatic rings. The molecule has 0 aliphatic carbocycles. The Bertz CT molecular complexity index is 531. The van der Waals surface area contributed by atoms with Crippen molar-refractivity contribution in [3.05, 3.63) is 18.2 Å². The van der Waals surface area contributed by atoms with Crippen molar-refractivity contribution in [1.29, 1.82) is 0 Å². The number of anilines is 1. The van der Waals surface area contributed by atoms with E-state index in [9.17, 15) is 8.42 Å². The van der Waals surface area contributed by atoms with Crippen LogP contribution >= 0.6 is 0 Å². The molecule has 1 aromatic rings. The van der Waals surface area contributed by atoms with Gasteiger partial charge in [0.1, 0.15) is 10.6 Å². The Morgan fingerprint density at radius 2 is 2.15 bits per heavy atom. The maximum absolute atomic E-state index is 12.2. The lowest BCUT2D eigenvalue weighted by Gasteiger charge is -2.12. The van der Waals surface area contributed by atoms with E-state index in [2.05, 4.69) is 4.72 Å². The second kappa shape index (κ2) is 7.47. The molecule has 0 aromatic heterocycles. The summed E-state index contributed by atoms with van der Waals surface area (Å²) in [5, 5.41) is 8.90. The van der Waals surface area contributed by atoms with E-state index in [1.807, 2.05) is 6.92 Å². The van der Waals surface area contributed by atoms with E-state index < -0.39 is 10.0 Å². The van der Waals surface area contributed by atoms with Gasteiger partial charge in [0.25, 0.3) is 0 Å². The van der Waals surface area contributed by atoms with Gasteiger partial charge in [0.05, 0.1) is 7.11 Å². The van der Waals surface area contributed by atoms with Gasteiger partial charge in [0.2, 0.25) is 10.0 Å². The monoisotopic (exact) mass is 302 g/mol. The van der Waals surface area contributed by atoms with Gasteiger partial charge in [-0.05, 0) is 30.9 Å². The zero-order chi connectivity index (χ0) is 15.2. The second-order valence-corrected chi connectivity index (χ2v) is 6.47. The molecule has 0 spiro atoms. The molecule has 0 heterocycles. The first-order valence-electron chi connectivity index (χ1n) is 6.44. The van der Waals surface area contributed by atoms with Crippen LogP contribution in [-0.2, 0) is 10.0 Å². The molecule has 114 valence electrons. The average molecular weight is 302 g/mol. The molecular weight excluding hydrogens is 280 g/mol. The lowest BCUT2D eigenvalue weighted by atomic mass is 10.1. The van der Waals surface area contributed by atoms with Crippen LogP contribution in [0.3, 0.4) is 0 Å². The van der Waals surface area contributed by atoms with E-state index in [1.54, 1.807) is 0 Å². The molecule has 1 aromatic carbocycles. The van der Waals surface area contributed by atoms with Crippen LogP contribution in [0.2, 0.25) is 0 Å². The topological polar surface area (TPSA) is 102 Å².